The van der Waals surface area contributed by atoms with Gasteiger partial charge in [-0.3, -0.25) is 4.79 Å². The Morgan fingerprint density at radius 3 is 3.05 bits per heavy atom. The van der Waals surface area contributed by atoms with Crippen LogP contribution in [0.4, 0.5) is 5.69 Å². The molecule has 0 saturated carbocycles. The van der Waals surface area contributed by atoms with Crippen molar-refractivity contribution >= 4 is 33.1 Å². The Morgan fingerprint density at radius 2 is 2.25 bits per heavy atom. The number of carbonyl (C=O) groups is 1. The fourth-order valence-corrected chi connectivity index (χ4v) is 3.66. The van der Waals surface area contributed by atoms with E-state index in [1.54, 1.807) is 0 Å². The number of aryl methyl sites for hydroxylation is 2. The smallest absolute Gasteiger partial charge is 0.263 e. The predicted molar refractivity (Wildman–Crippen MR) is 83.3 cm³/mol. The molecule has 0 fully saturated rings. The molecule has 4 nitrogen and oxygen atoms in total. The molecule has 0 bridgehead atoms. The summed E-state index contributed by atoms with van der Waals surface area (Å²) in [5.74, 6) is -0.0784. The molecule has 3 N–H and O–H groups in total. The maximum atomic E-state index is 12.1. The van der Waals surface area contributed by atoms with Gasteiger partial charge in [0.25, 0.3) is 5.91 Å². The maximum absolute atomic E-state index is 12.1. The Bertz CT molecular complexity index is 663. The first-order valence-electron chi connectivity index (χ1n) is 7.19. The highest BCUT2D eigenvalue weighted by molar-refractivity contribution is 7.21. The maximum Gasteiger partial charge on any atom is 0.263 e. The lowest BCUT2D eigenvalue weighted by Gasteiger charge is -2.14. The summed E-state index contributed by atoms with van der Waals surface area (Å²) in [6.07, 6.45) is 5.46. The van der Waals surface area contributed by atoms with Crippen molar-refractivity contribution in [3.63, 3.8) is 0 Å². The van der Waals surface area contributed by atoms with Crippen LogP contribution in [0.5, 0.6) is 0 Å². The third-order valence-corrected chi connectivity index (χ3v) is 4.86. The quantitative estimate of drug-likeness (QED) is 0.913. The van der Waals surface area contributed by atoms with Crippen molar-refractivity contribution in [2.75, 3.05) is 12.3 Å². The van der Waals surface area contributed by atoms with E-state index in [-0.39, 0.29) is 5.91 Å². The summed E-state index contributed by atoms with van der Waals surface area (Å²) in [6.45, 7) is 2.71. The SMILES string of the molecule is CCCNC(=O)c1sc2nc3c(cc2c1N)CCCC3. The van der Waals surface area contributed by atoms with Gasteiger partial charge in [0.05, 0.1) is 5.69 Å². The molecule has 2 aromatic heterocycles. The van der Waals surface area contributed by atoms with Gasteiger partial charge in [-0.2, -0.15) is 0 Å². The standard InChI is InChI=1S/C15H19N3OS/c1-2-7-17-14(19)13-12(16)10-8-9-5-3-4-6-11(9)18-15(10)20-13/h8H,2-7,16H2,1H3,(H,17,19). The third-order valence-electron chi connectivity index (χ3n) is 3.74. The lowest BCUT2D eigenvalue weighted by molar-refractivity contribution is 0.0958. The van der Waals surface area contributed by atoms with Crippen LogP contribution < -0.4 is 11.1 Å². The molecular formula is C15H19N3OS. The molecule has 20 heavy (non-hydrogen) atoms. The molecule has 1 aliphatic rings. The minimum absolute atomic E-state index is 0.0784. The van der Waals surface area contributed by atoms with Gasteiger partial charge in [0.1, 0.15) is 9.71 Å². The second-order valence-electron chi connectivity index (χ2n) is 5.25. The van der Waals surface area contributed by atoms with Crippen LogP contribution >= 0.6 is 11.3 Å². The first-order chi connectivity index (χ1) is 9.70. The zero-order valence-corrected chi connectivity index (χ0v) is 12.5. The Balaban J connectivity index is 2.03. The summed E-state index contributed by atoms with van der Waals surface area (Å²) in [6, 6.07) is 2.14. The van der Waals surface area contributed by atoms with Crippen molar-refractivity contribution in [1.29, 1.82) is 0 Å². The Morgan fingerprint density at radius 1 is 1.45 bits per heavy atom. The van der Waals surface area contributed by atoms with Gasteiger partial charge in [0.15, 0.2) is 0 Å². The molecule has 1 aliphatic carbocycles. The molecule has 0 spiro atoms. The second kappa shape index (κ2) is 5.40. The van der Waals surface area contributed by atoms with E-state index in [0.717, 1.165) is 29.5 Å². The van der Waals surface area contributed by atoms with Crippen LogP contribution in [-0.2, 0) is 12.8 Å². The predicted octanol–water partition coefficient (Wildman–Crippen LogP) is 2.90. The molecule has 3 rings (SSSR count). The molecule has 1 amide bonds. The van der Waals surface area contributed by atoms with Gasteiger partial charge in [-0.1, -0.05) is 6.92 Å². The molecule has 0 aromatic carbocycles. The van der Waals surface area contributed by atoms with Crippen LogP contribution in [0.25, 0.3) is 10.2 Å². The average molecular weight is 289 g/mol. The van der Waals surface area contributed by atoms with Crippen LogP contribution in [0.3, 0.4) is 0 Å². The fourth-order valence-electron chi connectivity index (χ4n) is 2.65. The van der Waals surface area contributed by atoms with Gasteiger partial charge in [0, 0.05) is 17.6 Å². The van der Waals surface area contributed by atoms with E-state index in [1.807, 2.05) is 6.92 Å². The zero-order valence-electron chi connectivity index (χ0n) is 11.7. The van der Waals surface area contributed by atoms with Gasteiger partial charge in [-0.15, -0.1) is 11.3 Å². The molecule has 0 saturated heterocycles. The molecule has 5 heteroatoms. The summed E-state index contributed by atoms with van der Waals surface area (Å²) in [4.78, 5) is 18.3. The van der Waals surface area contributed by atoms with Crippen LogP contribution in [0.15, 0.2) is 6.07 Å². The molecular weight excluding hydrogens is 270 g/mol. The summed E-state index contributed by atoms with van der Waals surface area (Å²) in [7, 11) is 0. The van der Waals surface area contributed by atoms with Gasteiger partial charge < -0.3 is 11.1 Å². The number of fused-ring (bicyclic) bond motifs is 2. The lowest BCUT2D eigenvalue weighted by atomic mass is 9.95. The Kier molecular flexibility index (Phi) is 3.61. The van der Waals surface area contributed by atoms with Crippen molar-refractivity contribution in [1.82, 2.24) is 10.3 Å². The van der Waals surface area contributed by atoms with Gasteiger partial charge in [-0.05, 0) is 43.7 Å². The number of pyridine rings is 1. The van der Waals surface area contributed by atoms with Crippen molar-refractivity contribution in [3.05, 3.63) is 22.2 Å². The fraction of sp³-hybridized carbons (Fsp3) is 0.467. The number of rotatable bonds is 3. The molecule has 0 unspecified atom stereocenters. The van der Waals surface area contributed by atoms with E-state index in [1.165, 1.54) is 35.4 Å². The van der Waals surface area contributed by atoms with E-state index in [0.29, 0.717) is 17.1 Å². The average Bonchev–Trinajstić information content (AvgIpc) is 2.79. The Hall–Kier alpha value is -1.62. The third kappa shape index (κ3) is 2.26. The van der Waals surface area contributed by atoms with E-state index in [4.69, 9.17) is 10.7 Å². The molecule has 0 radical (unpaired) electrons. The summed E-state index contributed by atoms with van der Waals surface area (Å²) < 4.78 is 0. The summed E-state index contributed by atoms with van der Waals surface area (Å²) >= 11 is 1.41. The molecule has 0 aliphatic heterocycles. The number of amides is 1. The van der Waals surface area contributed by atoms with E-state index < -0.39 is 0 Å². The van der Waals surface area contributed by atoms with Crippen LogP contribution in [0, 0.1) is 0 Å². The number of nitrogens with one attached hydrogen (secondary N) is 1. The van der Waals surface area contributed by atoms with Crippen LogP contribution in [0.1, 0.15) is 47.1 Å². The van der Waals surface area contributed by atoms with E-state index in [9.17, 15) is 4.79 Å². The largest absolute Gasteiger partial charge is 0.397 e. The normalized spacial score (nSPS) is 14.2. The van der Waals surface area contributed by atoms with Gasteiger partial charge in [0.2, 0.25) is 0 Å². The number of nitrogen functional groups attached to an aromatic ring is 1. The van der Waals surface area contributed by atoms with E-state index in [2.05, 4.69) is 11.4 Å². The lowest BCUT2D eigenvalue weighted by Crippen LogP contribution is -2.23. The van der Waals surface area contributed by atoms with Crippen molar-refractivity contribution in [3.8, 4) is 0 Å². The highest BCUT2D eigenvalue weighted by atomic mass is 32.1. The molecule has 0 atom stereocenters. The second-order valence-corrected chi connectivity index (χ2v) is 6.25. The first kappa shape index (κ1) is 13.4. The zero-order chi connectivity index (χ0) is 14.1. The van der Waals surface area contributed by atoms with E-state index >= 15 is 0 Å². The highest BCUT2D eigenvalue weighted by Crippen LogP contribution is 2.35. The monoisotopic (exact) mass is 289 g/mol. The van der Waals surface area contributed by atoms with Crippen molar-refractivity contribution < 1.29 is 4.79 Å². The molecule has 2 heterocycles. The number of hydrogen-bond donors (Lipinski definition) is 2. The van der Waals surface area contributed by atoms with Gasteiger partial charge in [-0.25, -0.2) is 4.98 Å². The van der Waals surface area contributed by atoms with Crippen molar-refractivity contribution in [2.24, 2.45) is 0 Å². The topological polar surface area (TPSA) is 68.0 Å². The first-order valence-corrected chi connectivity index (χ1v) is 8.01. The highest BCUT2D eigenvalue weighted by Gasteiger charge is 2.19. The summed E-state index contributed by atoms with van der Waals surface area (Å²) in [5.41, 5.74) is 9.22. The molecule has 106 valence electrons. The van der Waals surface area contributed by atoms with Crippen LogP contribution in [-0.4, -0.2) is 17.4 Å². The number of nitrogens with zero attached hydrogens (tertiary/aromatic N) is 1. The number of thiophene rings is 1. The number of anilines is 1. The number of hydrogen-bond acceptors (Lipinski definition) is 4. The van der Waals surface area contributed by atoms with Crippen molar-refractivity contribution in [2.45, 2.75) is 39.0 Å². The number of carbonyl (C=O) groups excluding carboxylic acids is 1. The van der Waals surface area contributed by atoms with Gasteiger partial charge >= 0.3 is 0 Å². The molecule has 2 aromatic rings. The minimum atomic E-state index is -0.0784. The number of aromatic nitrogens is 1. The summed E-state index contributed by atoms with van der Waals surface area (Å²) in [5, 5.41) is 3.83. The number of nitrogens with two attached hydrogens (primary N) is 1. The minimum Gasteiger partial charge on any atom is -0.397 e. The Labute approximate surface area is 122 Å². The van der Waals surface area contributed by atoms with Crippen LogP contribution in [0.2, 0.25) is 0 Å².